The van der Waals surface area contributed by atoms with Gasteiger partial charge in [0.25, 0.3) is 0 Å². The van der Waals surface area contributed by atoms with Crippen molar-refractivity contribution in [3.05, 3.63) is 11.3 Å². The van der Waals surface area contributed by atoms with Crippen molar-refractivity contribution in [2.24, 2.45) is 17.8 Å². The number of ether oxygens (including phenoxy) is 7. The van der Waals surface area contributed by atoms with Crippen LogP contribution in [0.3, 0.4) is 0 Å². The zero-order valence-corrected chi connectivity index (χ0v) is 35.5. The van der Waals surface area contributed by atoms with Gasteiger partial charge in [0.05, 0.1) is 56.6 Å². The number of aliphatic hydroxyl groups excluding tert-OH is 3. The normalized spacial score (nSPS) is 47.0. The Hall–Kier alpha value is -1.39. The predicted octanol–water partition coefficient (Wildman–Crippen LogP) is 4.21. The fourth-order valence-corrected chi connectivity index (χ4v) is 9.64. The number of likely N-dealkylation sites (N-methyl/N-ethyl adjacent to an activating group) is 1. The average molecular weight is 773 g/mol. The maximum atomic E-state index is 14.2. The number of methoxy groups -OCH3 is 1. The second kappa shape index (κ2) is 17.2. The molecule has 0 unspecified atom stereocenters. The minimum Gasteiger partial charge on any atom is -0.489 e. The molecule has 4 heterocycles. The summed E-state index contributed by atoms with van der Waals surface area (Å²) in [4.78, 5) is 14.2. The van der Waals surface area contributed by atoms with Gasteiger partial charge >= 0.3 is 5.97 Å². The number of esters is 1. The van der Waals surface area contributed by atoms with E-state index in [1.807, 2.05) is 27.7 Å². The number of rotatable bonds is 10. The fraction of sp³-hybridized carbons (Fsp3) is 0.927. The van der Waals surface area contributed by atoms with Crippen molar-refractivity contribution >= 4 is 5.97 Å². The molecule has 4 aliphatic rings. The van der Waals surface area contributed by atoms with E-state index < -0.39 is 95.8 Å². The second-order valence-corrected chi connectivity index (χ2v) is 18.2. The molecule has 17 atom stereocenters. The fourth-order valence-electron chi connectivity index (χ4n) is 9.64. The lowest BCUT2D eigenvalue weighted by molar-refractivity contribution is -0.922. The van der Waals surface area contributed by atoms with Crippen molar-refractivity contribution < 1.29 is 62.9 Å². The summed E-state index contributed by atoms with van der Waals surface area (Å²) in [5.41, 5.74) is -3.00. The van der Waals surface area contributed by atoms with Gasteiger partial charge in [-0.15, -0.1) is 0 Å². The molecule has 13 heteroatoms. The Balaban J connectivity index is 1.84. The zero-order chi connectivity index (χ0) is 40.7. The van der Waals surface area contributed by atoms with Gasteiger partial charge in [0, 0.05) is 38.2 Å². The molecule has 4 rings (SSSR count). The molecular formula is C41H74NO12+. The summed E-state index contributed by atoms with van der Waals surface area (Å²) in [5, 5.41) is 46.6. The van der Waals surface area contributed by atoms with E-state index in [1.165, 1.54) is 14.0 Å². The number of fused-ring (bicyclic) bond motifs is 2. The van der Waals surface area contributed by atoms with Crippen LogP contribution in [0.1, 0.15) is 115 Å². The van der Waals surface area contributed by atoms with Crippen molar-refractivity contribution in [2.45, 2.75) is 199 Å². The van der Waals surface area contributed by atoms with Crippen molar-refractivity contribution in [1.82, 2.24) is 0 Å². The lowest BCUT2D eigenvalue weighted by atomic mass is 9.78. The van der Waals surface area contributed by atoms with Crippen LogP contribution >= 0.6 is 0 Å². The molecule has 3 fully saturated rings. The molecule has 0 saturated carbocycles. The number of carbonyl (C=O) groups is 1. The third-order valence-corrected chi connectivity index (χ3v) is 13.3. The number of carbonyl (C=O) groups excluding carboxylic acids is 1. The van der Waals surface area contributed by atoms with Crippen LogP contribution < -0.4 is 0 Å². The molecule has 0 aromatic carbocycles. The summed E-state index contributed by atoms with van der Waals surface area (Å²) in [6, 6.07) is -0.164. The summed E-state index contributed by atoms with van der Waals surface area (Å²) in [6.07, 6.45) is -5.26. The van der Waals surface area contributed by atoms with Crippen LogP contribution in [0.25, 0.3) is 0 Å². The van der Waals surface area contributed by atoms with E-state index in [4.69, 9.17) is 33.2 Å². The van der Waals surface area contributed by atoms with Crippen LogP contribution in [0.15, 0.2) is 11.3 Å². The van der Waals surface area contributed by atoms with Gasteiger partial charge in [-0.1, -0.05) is 34.1 Å². The van der Waals surface area contributed by atoms with E-state index in [0.717, 1.165) is 25.0 Å². The predicted molar refractivity (Wildman–Crippen MR) is 202 cm³/mol. The topological polar surface area (TPSA) is 163 Å². The lowest BCUT2D eigenvalue weighted by Gasteiger charge is -2.50. The highest BCUT2D eigenvalue weighted by Gasteiger charge is 2.57. The minimum absolute atomic E-state index is 0.164. The Morgan fingerprint density at radius 1 is 0.944 bits per heavy atom. The molecule has 4 aliphatic heterocycles. The number of aliphatic hydroxyl groups is 4. The molecule has 13 nitrogen and oxygen atoms in total. The van der Waals surface area contributed by atoms with Gasteiger partial charge in [-0.3, -0.25) is 4.79 Å². The first kappa shape index (κ1) is 45.3. The Morgan fingerprint density at radius 3 is 2.19 bits per heavy atom. The molecular weight excluding hydrogens is 698 g/mol. The number of quaternary nitrogens is 1. The number of cyclic esters (lactones) is 1. The van der Waals surface area contributed by atoms with E-state index in [1.54, 1.807) is 34.6 Å². The number of hydrogen-bond acceptors (Lipinski definition) is 12. The Labute approximate surface area is 324 Å². The molecule has 54 heavy (non-hydrogen) atoms. The van der Waals surface area contributed by atoms with Crippen LogP contribution in [0.4, 0.5) is 0 Å². The summed E-state index contributed by atoms with van der Waals surface area (Å²) < 4.78 is 45.8. The highest BCUT2D eigenvalue weighted by molar-refractivity contribution is 5.73. The number of nitrogens with zero attached hydrogens (tertiary/aromatic N) is 1. The van der Waals surface area contributed by atoms with Crippen molar-refractivity contribution in [2.75, 3.05) is 27.7 Å². The Morgan fingerprint density at radius 2 is 1.59 bits per heavy atom. The smallest absolute Gasteiger partial charge is 0.311 e. The third-order valence-electron chi connectivity index (χ3n) is 13.3. The highest BCUT2D eigenvalue weighted by Crippen LogP contribution is 2.47. The average Bonchev–Trinajstić information content (AvgIpc) is 3.43. The van der Waals surface area contributed by atoms with Crippen molar-refractivity contribution in [1.29, 1.82) is 0 Å². The van der Waals surface area contributed by atoms with Gasteiger partial charge < -0.3 is 58.1 Å². The van der Waals surface area contributed by atoms with Crippen LogP contribution in [-0.4, -0.2) is 143 Å². The number of hydrogen-bond donors (Lipinski definition) is 4. The van der Waals surface area contributed by atoms with Gasteiger partial charge in [0.1, 0.15) is 41.3 Å². The van der Waals surface area contributed by atoms with Crippen molar-refractivity contribution in [3.63, 3.8) is 0 Å². The van der Waals surface area contributed by atoms with Gasteiger partial charge in [-0.2, -0.15) is 0 Å². The molecule has 314 valence electrons. The summed E-state index contributed by atoms with van der Waals surface area (Å²) in [5.74, 6) is -2.30. The lowest BCUT2D eigenvalue weighted by Crippen LogP contribution is -2.64. The van der Waals surface area contributed by atoms with E-state index in [0.29, 0.717) is 23.1 Å². The summed E-state index contributed by atoms with van der Waals surface area (Å²) in [6.45, 7) is 21.2. The van der Waals surface area contributed by atoms with Crippen LogP contribution in [0.5, 0.6) is 0 Å². The quantitative estimate of drug-likeness (QED) is 0.185. The monoisotopic (exact) mass is 773 g/mol. The van der Waals surface area contributed by atoms with Crippen LogP contribution in [0.2, 0.25) is 0 Å². The molecule has 0 spiro atoms. The van der Waals surface area contributed by atoms with Gasteiger partial charge in [0.15, 0.2) is 18.7 Å². The zero-order valence-electron chi connectivity index (χ0n) is 35.5. The van der Waals surface area contributed by atoms with Crippen molar-refractivity contribution in [3.8, 4) is 0 Å². The molecule has 0 amide bonds. The first-order valence-corrected chi connectivity index (χ1v) is 20.3. The van der Waals surface area contributed by atoms with Crippen LogP contribution in [0, 0.1) is 17.8 Å². The molecule has 0 radical (unpaired) electrons. The third kappa shape index (κ3) is 9.01. The second-order valence-electron chi connectivity index (χ2n) is 18.2. The Kier molecular flexibility index (Phi) is 14.5. The van der Waals surface area contributed by atoms with E-state index >= 15 is 0 Å². The number of unbranched alkanes of at least 4 members (excludes halogenated alkanes) is 1. The maximum absolute atomic E-state index is 14.2. The van der Waals surface area contributed by atoms with E-state index in [9.17, 15) is 25.2 Å². The van der Waals surface area contributed by atoms with Crippen LogP contribution in [-0.2, 0) is 38.0 Å². The van der Waals surface area contributed by atoms with Gasteiger partial charge in [-0.25, -0.2) is 0 Å². The Bertz CT molecular complexity index is 1310. The summed E-state index contributed by atoms with van der Waals surface area (Å²) in [7, 11) is 5.81. The largest absolute Gasteiger partial charge is 0.489 e. The van der Waals surface area contributed by atoms with E-state index in [-0.39, 0.29) is 25.0 Å². The van der Waals surface area contributed by atoms with E-state index in [2.05, 4.69) is 21.0 Å². The summed E-state index contributed by atoms with van der Waals surface area (Å²) >= 11 is 0. The highest BCUT2D eigenvalue weighted by atomic mass is 16.7. The first-order chi connectivity index (χ1) is 25.0. The van der Waals surface area contributed by atoms with Gasteiger partial charge in [0.2, 0.25) is 0 Å². The molecule has 0 aromatic rings. The first-order valence-electron chi connectivity index (χ1n) is 20.3. The SMILES string of the molecule is CCCC[N+](C)(C)[C@H]1C[C@@H](C)O[C@@H](O[C@@H]2[C@@H](C)[C@H](O[C@H]3C[C@@](C)(OC)[C@@H](O)[C@H](C)O3)[C@@H](C)C(=O)O[C@H](CC)[C@@](C)(O)[C@H](O)[C@@H](C)C3=C(C)C[C@@]2(C)O3)[C@@H]1O. The minimum atomic E-state index is -1.82. The molecule has 2 bridgehead atoms. The molecule has 0 aromatic heterocycles. The molecule has 4 N–H and O–H groups in total. The molecule has 0 aliphatic carbocycles. The van der Waals surface area contributed by atoms with Gasteiger partial charge in [-0.05, 0) is 66.9 Å². The maximum Gasteiger partial charge on any atom is 0.311 e. The standard InChI is InChI=1S/C41H74NO12/c1-15-17-18-42(12,13)28-19-23(4)49-38(31(28)43)53-36-25(6)33(52-30-21-39(9,48-14)35(45)27(8)50-30)26(7)37(46)51-29(16-2)41(11,47)34(44)24(5)32-22(3)20-40(36,10)54-32/h23-31,33-36,38,43-45,47H,15-21H2,1-14H3/q+1/t23-,24+,25+,26-,27+,28+,29-,30+,31-,33+,34-,35+,36-,38+,39-,40-,41-/m1/s1. The molecule has 3 saturated heterocycles.